The normalized spacial score (nSPS) is 29.2. The van der Waals surface area contributed by atoms with E-state index in [1.54, 1.807) is 7.11 Å². The summed E-state index contributed by atoms with van der Waals surface area (Å²) < 4.78 is 5.37. The molecule has 0 saturated carbocycles. The molecule has 1 heterocycles. The van der Waals surface area contributed by atoms with E-state index < -0.39 is 0 Å². The molecule has 1 rings (SSSR count). The Morgan fingerprint density at radius 2 is 2.09 bits per heavy atom. The number of ether oxygens (including phenoxy) is 1. The highest BCUT2D eigenvalue weighted by Gasteiger charge is 2.31. The van der Waals surface area contributed by atoms with Crippen LogP contribution in [0.4, 0.5) is 0 Å². The van der Waals surface area contributed by atoms with Gasteiger partial charge in [-0.3, -0.25) is 0 Å². The van der Waals surface area contributed by atoms with Gasteiger partial charge in [0, 0.05) is 19.1 Å². The molecule has 11 heavy (non-hydrogen) atoms. The fourth-order valence-electron chi connectivity index (χ4n) is 1.59. The van der Waals surface area contributed by atoms with Crippen LogP contribution in [0.25, 0.3) is 0 Å². The summed E-state index contributed by atoms with van der Waals surface area (Å²) >= 11 is 0. The van der Waals surface area contributed by atoms with Gasteiger partial charge in [-0.15, -0.1) is 12.4 Å². The maximum absolute atomic E-state index is 5.37. The van der Waals surface area contributed by atoms with Crippen LogP contribution in [0.5, 0.6) is 0 Å². The van der Waals surface area contributed by atoms with Gasteiger partial charge < -0.3 is 10.1 Å². The summed E-state index contributed by atoms with van der Waals surface area (Å²) in [5, 5.41) is 3.36. The molecule has 0 amide bonds. The van der Waals surface area contributed by atoms with Crippen LogP contribution in [0.1, 0.15) is 20.3 Å². The molecule has 0 aromatic carbocycles. The lowest BCUT2D eigenvalue weighted by molar-refractivity contribution is -0.0136. The third-order valence-corrected chi connectivity index (χ3v) is 2.32. The lowest BCUT2D eigenvalue weighted by Gasteiger charge is -2.37. The summed E-state index contributed by atoms with van der Waals surface area (Å²) in [7, 11) is 1.80. The van der Waals surface area contributed by atoms with Crippen LogP contribution in [-0.2, 0) is 4.74 Å². The van der Waals surface area contributed by atoms with Crippen molar-refractivity contribution in [3.8, 4) is 0 Å². The van der Waals surface area contributed by atoms with Gasteiger partial charge in [-0.25, -0.2) is 0 Å². The topological polar surface area (TPSA) is 21.3 Å². The smallest absolute Gasteiger partial charge is 0.0646 e. The van der Waals surface area contributed by atoms with Crippen molar-refractivity contribution in [3.63, 3.8) is 0 Å². The summed E-state index contributed by atoms with van der Waals surface area (Å²) in [4.78, 5) is 0. The Balaban J connectivity index is 0.000001000. The Bertz CT molecular complexity index is 117. The first-order valence-corrected chi connectivity index (χ1v) is 3.90. The first kappa shape index (κ1) is 11.2. The van der Waals surface area contributed by atoms with E-state index in [1.807, 2.05) is 0 Å². The Morgan fingerprint density at radius 1 is 1.45 bits per heavy atom. The molecule has 1 saturated heterocycles. The first-order chi connectivity index (χ1) is 4.67. The van der Waals surface area contributed by atoms with Gasteiger partial charge in [-0.1, -0.05) is 13.8 Å². The fourth-order valence-corrected chi connectivity index (χ4v) is 1.59. The van der Waals surface area contributed by atoms with E-state index in [1.165, 1.54) is 0 Å². The predicted molar refractivity (Wildman–Crippen MR) is 49.3 cm³/mol. The van der Waals surface area contributed by atoms with Gasteiger partial charge in [0.25, 0.3) is 0 Å². The minimum absolute atomic E-state index is 0. The Kier molecular flexibility index (Phi) is 4.37. The number of hydrogen-bond acceptors (Lipinski definition) is 2. The van der Waals surface area contributed by atoms with Crippen molar-refractivity contribution in [2.45, 2.75) is 26.4 Å². The van der Waals surface area contributed by atoms with Gasteiger partial charge in [0.2, 0.25) is 0 Å². The molecular weight excluding hydrogens is 162 g/mol. The van der Waals surface area contributed by atoms with Crippen LogP contribution in [0.15, 0.2) is 0 Å². The van der Waals surface area contributed by atoms with E-state index in [-0.39, 0.29) is 12.4 Å². The second kappa shape index (κ2) is 4.29. The summed E-state index contributed by atoms with van der Waals surface area (Å²) in [6.45, 7) is 6.66. The maximum Gasteiger partial charge on any atom is 0.0646 e. The molecule has 0 radical (unpaired) electrons. The number of methoxy groups -OCH3 is 1. The molecule has 1 N–H and O–H groups in total. The number of piperidine rings is 1. The van der Waals surface area contributed by atoms with Crippen molar-refractivity contribution in [1.82, 2.24) is 5.32 Å². The van der Waals surface area contributed by atoms with Gasteiger partial charge in [-0.2, -0.15) is 0 Å². The quantitative estimate of drug-likeness (QED) is 0.658. The molecule has 1 unspecified atom stereocenters. The molecule has 0 aliphatic carbocycles. The number of nitrogens with one attached hydrogen (secondary N) is 1. The maximum atomic E-state index is 5.37. The number of hydrogen-bond donors (Lipinski definition) is 1. The van der Waals surface area contributed by atoms with Crippen molar-refractivity contribution in [2.75, 3.05) is 20.2 Å². The lowest BCUT2D eigenvalue weighted by atomic mass is 9.82. The molecular formula is C8H18ClNO. The fraction of sp³-hybridized carbons (Fsp3) is 1.00. The van der Waals surface area contributed by atoms with Crippen LogP contribution >= 0.6 is 12.4 Å². The van der Waals surface area contributed by atoms with Gasteiger partial charge in [0.15, 0.2) is 0 Å². The van der Waals surface area contributed by atoms with Gasteiger partial charge in [0.1, 0.15) is 0 Å². The van der Waals surface area contributed by atoms with Gasteiger partial charge in [0.05, 0.1) is 6.10 Å². The average Bonchev–Trinajstić information content (AvgIpc) is 1.87. The van der Waals surface area contributed by atoms with Crippen molar-refractivity contribution >= 4 is 12.4 Å². The molecule has 1 aliphatic rings. The zero-order valence-corrected chi connectivity index (χ0v) is 8.33. The summed E-state index contributed by atoms with van der Waals surface area (Å²) in [6, 6.07) is 0. The molecule has 0 aromatic heterocycles. The predicted octanol–water partition coefficient (Wildman–Crippen LogP) is 1.44. The van der Waals surface area contributed by atoms with Crippen molar-refractivity contribution < 1.29 is 4.74 Å². The minimum Gasteiger partial charge on any atom is -0.381 e. The van der Waals surface area contributed by atoms with E-state index in [4.69, 9.17) is 4.74 Å². The average molecular weight is 180 g/mol. The minimum atomic E-state index is 0. The van der Waals surface area contributed by atoms with Crippen LogP contribution in [0, 0.1) is 5.41 Å². The van der Waals surface area contributed by atoms with Crippen LogP contribution in [0.3, 0.4) is 0 Å². The second-order valence-corrected chi connectivity index (χ2v) is 3.68. The van der Waals surface area contributed by atoms with E-state index in [2.05, 4.69) is 19.2 Å². The number of halogens is 1. The summed E-state index contributed by atoms with van der Waals surface area (Å²) in [5.41, 5.74) is 0.312. The summed E-state index contributed by atoms with van der Waals surface area (Å²) in [6.07, 6.45) is 1.58. The molecule has 1 fully saturated rings. The van der Waals surface area contributed by atoms with Crippen LogP contribution in [-0.4, -0.2) is 26.3 Å². The Labute approximate surface area is 75.1 Å². The molecule has 3 heteroatoms. The summed E-state index contributed by atoms with van der Waals surface area (Å²) in [5.74, 6) is 0. The van der Waals surface area contributed by atoms with E-state index in [0.717, 1.165) is 19.5 Å². The van der Waals surface area contributed by atoms with Crippen molar-refractivity contribution in [3.05, 3.63) is 0 Å². The van der Waals surface area contributed by atoms with E-state index in [9.17, 15) is 0 Å². The van der Waals surface area contributed by atoms with Crippen LogP contribution in [0.2, 0.25) is 0 Å². The van der Waals surface area contributed by atoms with Crippen molar-refractivity contribution in [1.29, 1.82) is 0 Å². The zero-order chi connectivity index (χ0) is 7.61. The van der Waals surface area contributed by atoms with Gasteiger partial charge >= 0.3 is 0 Å². The second-order valence-electron chi connectivity index (χ2n) is 3.68. The van der Waals surface area contributed by atoms with Crippen molar-refractivity contribution in [2.24, 2.45) is 5.41 Å². The molecule has 68 valence electrons. The Morgan fingerprint density at radius 3 is 2.45 bits per heavy atom. The standard InChI is InChI=1S/C8H17NO.ClH/c1-8(2)6-9-5-4-7(8)10-3;/h7,9H,4-6H2,1-3H3;1H. The third kappa shape index (κ3) is 2.62. The lowest BCUT2D eigenvalue weighted by Crippen LogP contribution is -2.46. The monoisotopic (exact) mass is 179 g/mol. The Hall–Kier alpha value is 0.210. The zero-order valence-electron chi connectivity index (χ0n) is 7.52. The van der Waals surface area contributed by atoms with E-state index >= 15 is 0 Å². The molecule has 0 bridgehead atoms. The SMILES string of the molecule is COC1CCNCC1(C)C.Cl. The molecule has 0 spiro atoms. The highest BCUT2D eigenvalue weighted by molar-refractivity contribution is 5.85. The molecule has 0 aromatic rings. The highest BCUT2D eigenvalue weighted by Crippen LogP contribution is 2.26. The molecule has 2 nitrogen and oxygen atoms in total. The molecule has 1 atom stereocenters. The molecule has 1 aliphatic heterocycles. The van der Waals surface area contributed by atoms with E-state index in [0.29, 0.717) is 11.5 Å². The third-order valence-electron chi connectivity index (χ3n) is 2.32. The van der Waals surface area contributed by atoms with Crippen LogP contribution < -0.4 is 5.32 Å². The number of rotatable bonds is 1. The van der Waals surface area contributed by atoms with Gasteiger partial charge in [-0.05, 0) is 13.0 Å². The first-order valence-electron chi connectivity index (χ1n) is 3.90. The largest absolute Gasteiger partial charge is 0.381 e. The highest BCUT2D eigenvalue weighted by atomic mass is 35.5.